The predicted octanol–water partition coefficient (Wildman–Crippen LogP) is 3.28. The summed E-state index contributed by atoms with van der Waals surface area (Å²) in [6.45, 7) is 0.771. The molecule has 0 atom stereocenters. The lowest BCUT2D eigenvalue weighted by molar-refractivity contribution is -0.176. The van der Waals surface area contributed by atoms with Crippen LogP contribution < -0.4 is 10.6 Å². The van der Waals surface area contributed by atoms with E-state index < -0.39 is 12.8 Å². The molecule has 0 saturated heterocycles. The Morgan fingerprint density at radius 3 is 2.62 bits per heavy atom. The van der Waals surface area contributed by atoms with E-state index in [2.05, 4.69) is 15.6 Å². The molecule has 2 aromatic rings. The molecule has 0 aliphatic heterocycles. The van der Waals surface area contributed by atoms with Gasteiger partial charge in [0.25, 0.3) is 0 Å². The molecule has 9 heteroatoms. The molecule has 0 spiro atoms. The number of nitrogens with zero attached hydrogens (tertiary/aromatic N) is 1. The van der Waals surface area contributed by atoms with Crippen molar-refractivity contribution >= 4 is 5.96 Å². The largest absolute Gasteiger partial charge is 0.469 e. The number of nitrogens with one attached hydrogen (secondary N) is 2. The number of ether oxygens (including phenoxy) is 2. The van der Waals surface area contributed by atoms with Crippen LogP contribution in [0.25, 0.3) is 0 Å². The Bertz CT molecular complexity index is 734. The second-order valence-corrected chi connectivity index (χ2v) is 6.27. The Labute approximate surface area is 168 Å². The normalized spacial score (nSPS) is 12.2. The van der Waals surface area contributed by atoms with Crippen LogP contribution in [-0.4, -0.2) is 45.5 Å². The van der Waals surface area contributed by atoms with Gasteiger partial charge in [-0.3, -0.25) is 0 Å². The van der Waals surface area contributed by atoms with Gasteiger partial charge in [-0.05, 0) is 23.3 Å². The first kappa shape index (κ1) is 22.8. The molecule has 0 saturated carbocycles. The van der Waals surface area contributed by atoms with Crippen LogP contribution in [0.2, 0.25) is 0 Å². The van der Waals surface area contributed by atoms with Gasteiger partial charge in [0.1, 0.15) is 12.4 Å². The maximum absolute atomic E-state index is 12.2. The monoisotopic (exact) mass is 413 g/mol. The molecular weight excluding hydrogens is 387 g/mol. The number of hydrogen-bond acceptors (Lipinski definition) is 4. The molecule has 6 nitrogen and oxygen atoms in total. The first-order valence-electron chi connectivity index (χ1n) is 9.22. The van der Waals surface area contributed by atoms with E-state index in [1.165, 1.54) is 0 Å². The second-order valence-electron chi connectivity index (χ2n) is 6.27. The van der Waals surface area contributed by atoms with Gasteiger partial charge in [0.15, 0.2) is 5.96 Å². The second kappa shape index (κ2) is 12.1. The molecule has 0 unspecified atom stereocenters. The summed E-state index contributed by atoms with van der Waals surface area (Å²) >= 11 is 0. The summed E-state index contributed by atoms with van der Waals surface area (Å²) < 4.78 is 51.6. The van der Waals surface area contributed by atoms with Crippen LogP contribution in [0.5, 0.6) is 0 Å². The number of aliphatic imine (C=N–C) groups is 1. The molecule has 2 rings (SSSR count). The van der Waals surface area contributed by atoms with Crippen LogP contribution in [-0.2, 0) is 29.0 Å². The average Bonchev–Trinajstić information content (AvgIpc) is 3.19. The molecular formula is C20H26F3N3O3. The minimum Gasteiger partial charge on any atom is -0.469 e. The third-order valence-electron chi connectivity index (χ3n) is 3.79. The van der Waals surface area contributed by atoms with E-state index in [9.17, 15) is 13.2 Å². The van der Waals surface area contributed by atoms with E-state index in [-0.39, 0.29) is 6.61 Å². The van der Waals surface area contributed by atoms with Crippen LogP contribution in [0.3, 0.4) is 0 Å². The Morgan fingerprint density at radius 2 is 1.90 bits per heavy atom. The van der Waals surface area contributed by atoms with E-state index in [0.29, 0.717) is 44.2 Å². The lowest BCUT2D eigenvalue weighted by Gasteiger charge is -2.12. The molecule has 1 aromatic heterocycles. The molecule has 29 heavy (non-hydrogen) atoms. The summed E-state index contributed by atoms with van der Waals surface area (Å²) in [6.07, 6.45) is -1.98. The average molecular weight is 413 g/mol. The number of furan rings is 1. The lowest BCUT2D eigenvalue weighted by Crippen LogP contribution is -2.40. The topological polar surface area (TPSA) is 68.0 Å². The van der Waals surface area contributed by atoms with Crippen molar-refractivity contribution in [1.29, 1.82) is 0 Å². The van der Waals surface area contributed by atoms with Gasteiger partial charge in [0, 0.05) is 26.6 Å². The molecule has 1 heterocycles. The van der Waals surface area contributed by atoms with Gasteiger partial charge in [0.2, 0.25) is 0 Å². The smallest absolute Gasteiger partial charge is 0.411 e. The van der Waals surface area contributed by atoms with Gasteiger partial charge >= 0.3 is 6.18 Å². The van der Waals surface area contributed by atoms with E-state index >= 15 is 0 Å². The molecule has 160 valence electrons. The minimum atomic E-state index is -4.33. The molecule has 0 aliphatic carbocycles. The van der Waals surface area contributed by atoms with E-state index in [1.807, 2.05) is 18.2 Å². The van der Waals surface area contributed by atoms with Gasteiger partial charge in [0.05, 0.1) is 26.0 Å². The summed E-state index contributed by atoms with van der Waals surface area (Å²) in [6, 6.07) is 10.9. The Kier molecular flexibility index (Phi) is 9.52. The summed E-state index contributed by atoms with van der Waals surface area (Å²) in [7, 11) is 1.62. The van der Waals surface area contributed by atoms with Gasteiger partial charge in [-0.1, -0.05) is 24.3 Å². The maximum atomic E-state index is 12.2. The zero-order chi connectivity index (χ0) is 21.0. The van der Waals surface area contributed by atoms with Crippen molar-refractivity contribution in [2.24, 2.45) is 4.99 Å². The quantitative estimate of drug-likeness (QED) is 0.336. The molecule has 1 aromatic carbocycles. The van der Waals surface area contributed by atoms with Gasteiger partial charge in [-0.25, -0.2) is 4.99 Å². The molecule has 0 aliphatic rings. The van der Waals surface area contributed by atoms with Crippen molar-refractivity contribution in [2.75, 3.05) is 33.4 Å². The maximum Gasteiger partial charge on any atom is 0.411 e. The molecule has 0 bridgehead atoms. The Hall–Kier alpha value is -2.52. The van der Waals surface area contributed by atoms with Crippen molar-refractivity contribution in [3.05, 3.63) is 59.5 Å². The highest BCUT2D eigenvalue weighted by Gasteiger charge is 2.27. The van der Waals surface area contributed by atoms with Crippen molar-refractivity contribution in [1.82, 2.24) is 10.6 Å². The Morgan fingerprint density at radius 1 is 1.10 bits per heavy atom. The zero-order valence-electron chi connectivity index (χ0n) is 16.3. The fourth-order valence-electron chi connectivity index (χ4n) is 2.48. The fourth-order valence-corrected chi connectivity index (χ4v) is 2.48. The van der Waals surface area contributed by atoms with Crippen LogP contribution in [0, 0.1) is 0 Å². The molecule has 0 radical (unpaired) electrons. The van der Waals surface area contributed by atoms with Crippen LogP contribution >= 0.6 is 0 Å². The van der Waals surface area contributed by atoms with Crippen molar-refractivity contribution in [2.45, 2.75) is 25.7 Å². The first-order chi connectivity index (χ1) is 14.0. The van der Waals surface area contributed by atoms with Crippen molar-refractivity contribution in [3.63, 3.8) is 0 Å². The number of methoxy groups -OCH3 is 1. The highest BCUT2D eigenvalue weighted by Crippen LogP contribution is 2.16. The molecule has 0 fully saturated rings. The van der Waals surface area contributed by atoms with Gasteiger partial charge in [-0.2, -0.15) is 13.2 Å². The van der Waals surface area contributed by atoms with E-state index in [1.54, 1.807) is 31.6 Å². The number of guanidine groups is 1. The summed E-state index contributed by atoms with van der Waals surface area (Å²) in [5, 5.41) is 6.40. The predicted molar refractivity (Wildman–Crippen MR) is 104 cm³/mol. The van der Waals surface area contributed by atoms with Crippen LogP contribution in [0.1, 0.15) is 16.9 Å². The molecule has 0 amide bonds. The van der Waals surface area contributed by atoms with Crippen molar-refractivity contribution < 1.29 is 27.1 Å². The Balaban J connectivity index is 1.88. The number of benzene rings is 1. The summed E-state index contributed by atoms with van der Waals surface area (Å²) in [4.78, 5) is 4.53. The number of rotatable bonds is 11. The number of alkyl halides is 3. The van der Waals surface area contributed by atoms with Gasteiger partial charge in [-0.15, -0.1) is 0 Å². The highest BCUT2D eigenvalue weighted by molar-refractivity contribution is 5.79. The number of halogens is 3. The SMILES string of the molecule is COCCNC(=NCc1cccc(COCC(F)(F)F)c1)NCCc1ccco1. The van der Waals surface area contributed by atoms with E-state index in [4.69, 9.17) is 13.9 Å². The highest BCUT2D eigenvalue weighted by atomic mass is 19.4. The van der Waals surface area contributed by atoms with Crippen LogP contribution in [0.4, 0.5) is 13.2 Å². The summed E-state index contributed by atoms with van der Waals surface area (Å²) in [5.74, 6) is 1.49. The third-order valence-corrected chi connectivity index (χ3v) is 3.79. The summed E-state index contributed by atoms with van der Waals surface area (Å²) in [5.41, 5.74) is 1.54. The zero-order valence-corrected chi connectivity index (χ0v) is 16.3. The molecule has 2 N–H and O–H groups in total. The van der Waals surface area contributed by atoms with Crippen LogP contribution in [0.15, 0.2) is 52.1 Å². The van der Waals surface area contributed by atoms with Gasteiger partial charge < -0.3 is 24.5 Å². The third kappa shape index (κ3) is 10.00. The standard InChI is InChI=1S/C20H26F3N3O3/c1-27-11-9-25-19(24-8-7-18-6-3-10-29-18)26-13-16-4-2-5-17(12-16)14-28-15-20(21,22)23/h2-6,10,12H,7-9,11,13-15H2,1H3,(H2,24,25,26). The number of hydrogen-bond donors (Lipinski definition) is 2. The minimum absolute atomic E-state index is 0.0998. The van der Waals surface area contributed by atoms with Crippen molar-refractivity contribution in [3.8, 4) is 0 Å². The fraction of sp³-hybridized carbons (Fsp3) is 0.450. The van der Waals surface area contributed by atoms with E-state index in [0.717, 1.165) is 11.3 Å². The lowest BCUT2D eigenvalue weighted by atomic mass is 10.1. The first-order valence-corrected chi connectivity index (χ1v) is 9.22.